The average Bonchev–Trinajstić information content (AvgIpc) is 2.48. The summed E-state index contributed by atoms with van der Waals surface area (Å²) in [6.07, 6.45) is 0. The maximum Gasteiger partial charge on any atom is 0.0242 e. The van der Waals surface area contributed by atoms with Gasteiger partial charge in [-0.15, -0.1) is 12.4 Å². The first-order chi connectivity index (χ1) is 11.2. The number of aryl methyl sites for hydroxylation is 1. The Morgan fingerprint density at radius 3 is 2.12 bits per heavy atom. The predicted octanol–water partition coefficient (Wildman–Crippen LogP) is 6.38. The summed E-state index contributed by atoms with van der Waals surface area (Å²) in [6.45, 7) is 17.1. The zero-order valence-electron chi connectivity index (χ0n) is 16.5. The highest BCUT2D eigenvalue weighted by Crippen LogP contribution is 2.24. The van der Waals surface area contributed by atoms with Crippen LogP contribution in [0.15, 0.2) is 49.0 Å². The fourth-order valence-corrected chi connectivity index (χ4v) is 3.06. The smallest absolute Gasteiger partial charge is 0.0242 e. The van der Waals surface area contributed by atoms with Crippen molar-refractivity contribution in [2.24, 2.45) is 0 Å². The van der Waals surface area contributed by atoms with Gasteiger partial charge in [0.2, 0.25) is 0 Å². The van der Waals surface area contributed by atoms with E-state index in [4.69, 9.17) is 0 Å². The van der Waals surface area contributed by atoms with E-state index in [1.165, 1.54) is 27.8 Å². The van der Waals surface area contributed by atoms with Crippen molar-refractivity contribution in [2.45, 2.75) is 53.1 Å². The minimum absolute atomic E-state index is 0. The molecule has 2 aromatic carbocycles. The van der Waals surface area contributed by atoms with Gasteiger partial charge in [-0.1, -0.05) is 75.4 Å². The summed E-state index contributed by atoms with van der Waals surface area (Å²) in [5.74, 6) is 0. The average molecular weight is 358 g/mol. The van der Waals surface area contributed by atoms with Crippen molar-refractivity contribution in [3.05, 3.63) is 76.9 Å². The Morgan fingerprint density at radius 2 is 1.60 bits per heavy atom. The summed E-state index contributed by atoms with van der Waals surface area (Å²) in [5.41, 5.74) is 8.10. The minimum atomic E-state index is 0. The highest BCUT2D eigenvalue weighted by atomic mass is 35.5. The molecule has 0 saturated carbocycles. The number of rotatable bonds is 5. The molecule has 0 bridgehead atoms. The lowest BCUT2D eigenvalue weighted by Gasteiger charge is -2.22. The highest BCUT2D eigenvalue weighted by Gasteiger charge is 2.13. The van der Waals surface area contributed by atoms with Gasteiger partial charge in [0.15, 0.2) is 0 Å². The molecular weight excluding hydrogens is 326 g/mol. The first-order valence-electron chi connectivity index (χ1n) is 8.71. The Bertz CT molecular complexity index is 708. The molecule has 0 atom stereocenters. The highest BCUT2D eigenvalue weighted by molar-refractivity contribution is 5.85. The molecule has 0 aliphatic carbocycles. The lowest BCUT2D eigenvalue weighted by atomic mass is 9.87. The second-order valence-corrected chi connectivity index (χ2v) is 8.00. The zero-order valence-corrected chi connectivity index (χ0v) is 17.3. The van der Waals surface area contributed by atoms with Crippen molar-refractivity contribution in [1.82, 2.24) is 4.90 Å². The molecule has 0 aliphatic rings. The Morgan fingerprint density at radius 1 is 1.00 bits per heavy atom. The summed E-state index contributed by atoms with van der Waals surface area (Å²) >= 11 is 0. The molecule has 2 aromatic rings. The van der Waals surface area contributed by atoms with Gasteiger partial charge < -0.3 is 0 Å². The Hall–Kier alpha value is -1.57. The molecule has 0 amide bonds. The van der Waals surface area contributed by atoms with Crippen molar-refractivity contribution in [2.75, 3.05) is 7.05 Å². The van der Waals surface area contributed by atoms with Crippen molar-refractivity contribution in [3.8, 4) is 0 Å². The van der Waals surface area contributed by atoms with Gasteiger partial charge in [0.25, 0.3) is 0 Å². The van der Waals surface area contributed by atoms with Crippen LogP contribution in [-0.2, 0) is 18.5 Å². The lowest BCUT2D eigenvalue weighted by molar-refractivity contribution is 0.318. The normalized spacial score (nSPS) is 11.3. The van der Waals surface area contributed by atoms with E-state index in [-0.39, 0.29) is 17.8 Å². The number of allylic oxidation sites excluding steroid dienone is 1. The van der Waals surface area contributed by atoms with Crippen LogP contribution in [0.3, 0.4) is 0 Å². The Kier molecular flexibility index (Phi) is 7.46. The van der Waals surface area contributed by atoms with E-state index in [0.717, 1.165) is 18.7 Å². The van der Waals surface area contributed by atoms with Gasteiger partial charge >= 0.3 is 0 Å². The second kappa shape index (κ2) is 8.69. The van der Waals surface area contributed by atoms with Gasteiger partial charge in [0.05, 0.1) is 0 Å². The number of halogens is 1. The fraction of sp³-hybridized carbons (Fsp3) is 0.391. The summed E-state index contributed by atoms with van der Waals surface area (Å²) in [7, 11) is 2.19. The molecule has 0 radical (unpaired) electrons. The quantitative estimate of drug-likeness (QED) is 0.600. The third-order valence-electron chi connectivity index (χ3n) is 4.57. The minimum Gasteiger partial charge on any atom is -0.298 e. The molecular formula is C23H32ClN. The van der Waals surface area contributed by atoms with Crippen LogP contribution in [0, 0.1) is 6.92 Å². The first-order valence-corrected chi connectivity index (χ1v) is 8.71. The van der Waals surface area contributed by atoms with Gasteiger partial charge in [-0.3, -0.25) is 4.90 Å². The van der Waals surface area contributed by atoms with E-state index < -0.39 is 0 Å². The number of hydrogen-bond donors (Lipinski definition) is 0. The van der Waals surface area contributed by atoms with Crippen LogP contribution >= 0.6 is 12.4 Å². The predicted molar refractivity (Wildman–Crippen MR) is 113 cm³/mol. The van der Waals surface area contributed by atoms with Gasteiger partial charge in [-0.2, -0.15) is 0 Å². The molecule has 0 spiro atoms. The van der Waals surface area contributed by atoms with E-state index in [1.807, 2.05) is 0 Å². The van der Waals surface area contributed by atoms with Crippen molar-refractivity contribution in [3.63, 3.8) is 0 Å². The third-order valence-corrected chi connectivity index (χ3v) is 4.57. The van der Waals surface area contributed by atoms with Crippen LogP contribution in [0.25, 0.3) is 5.57 Å². The second-order valence-electron chi connectivity index (χ2n) is 8.00. The number of benzene rings is 2. The van der Waals surface area contributed by atoms with Gasteiger partial charge in [0.1, 0.15) is 0 Å². The maximum absolute atomic E-state index is 4.13. The molecule has 0 fully saturated rings. The maximum atomic E-state index is 4.13. The molecule has 0 aliphatic heterocycles. The van der Waals surface area contributed by atoms with E-state index >= 15 is 0 Å². The monoisotopic (exact) mass is 357 g/mol. The van der Waals surface area contributed by atoms with Crippen LogP contribution in [0.4, 0.5) is 0 Å². The zero-order chi connectivity index (χ0) is 17.9. The summed E-state index contributed by atoms with van der Waals surface area (Å²) in [6, 6.07) is 15.5. The molecule has 0 unspecified atom stereocenters. The summed E-state index contributed by atoms with van der Waals surface area (Å²) in [5, 5.41) is 0. The molecule has 136 valence electrons. The topological polar surface area (TPSA) is 3.24 Å². The molecule has 2 rings (SSSR count). The number of nitrogens with zero attached hydrogens (tertiary/aromatic N) is 1. The SMILES string of the molecule is C=C(C)c1cccc(C)c1CN(C)Cc1ccc(C(C)(C)C)cc1.Cl. The van der Waals surface area contributed by atoms with Crippen LogP contribution in [0.1, 0.15) is 55.5 Å². The third kappa shape index (κ3) is 5.73. The van der Waals surface area contributed by atoms with Crippen molar-refractivity contribution >= 4 is 18.0 Å². The summed E-state index contributed by atoms with van der Waals surface area (Å²) < 4.78 is 0. The molecule has 1 nitrogen and oxygen atoms in total. The Labute approximate surface area is 160 Å². The summed E-state index contributed by atoms with van der Waals surface area (Å²) in [4.78, 5) is 2.38. The van der Waals surface area contributed by atoms with E-state index in [1.54, 1.807) is 0 Å². The molecule has 0 aromatic heterocycles. The fourth-order valence-electron chi connectivity index (χ4n) is 3.06. The van der Waals surface area contributed by atoms with E-state index in [2.05, 4.69) is 95.6 Å². The molecule has 2 heteroatoms. The van der Waals surface area contributed by atoms with Crippen LogP contribution < -0.4 is 0 Å². The van der Waals surface area contributed by atoms with Gasteiger partial charge in [-0.05, 0) is 54.1 Å². The van der Waals surface area contributed by atoms with Crippen LogP contribution in [-0.4, -0.2) is 11.9 Å². The molecule has 0 saturated heterocycles. The lowest BCUT2D eigenvalue weighted by Crippen LogP contribution is -2.19. The van der Waals surface area contributed by atoms with Crippen molar-refractivity contribution in [1.29, 1.82) is 0 Å². The first kappa shape index (κ1) is 21.5. The molecule has 25 heavy (non-hydrogen) atoms. The largest absolute Gasteiger partial charge is 0.298 e. The van der Waals surface area contributed by atoms with Crippen LogP contribution in [0.5, 0.6) is 0 Å². The van der Waals surface area contributed by atoms with Crippen molar-refractivity contribution < 1.29 is 0 Å². The number of hydrogen-bond acceptors (Lipinski definition) is 1. The van der Waals surface area contributed by atoms with Crippen LogP contribution in [0.2, 0.25) is 0 Å². The van der Waals surface area contributed by atoms with Gasteiger partial charge in [-0.25, -0.2) is 0 Å². The van der Waals surface area contributed by atoms with E-state index in [0.29, 0.717) is 0 Å². The standard InChI is InChI=1S/C23H31N.ClH/c1-17(2)21-10-8-9-18(3)22(21)16-24(7)15-19-11-13-20(14-12-19)23(4,5)6;/h8-14H,1,15-16H2,2-7H3;1H. The van der Waals surface area contributed by atoms with Gasteiger partial charge in [0, 0.05) is 13.1 Å². The molecule has 0 N–H and O–H groups in total. The Balaban J connectivity index is 0.00000312. The van der Waals surface area contributed by atoms with E-state index in [9.17, 15) is 0 Å². The molecule has 0 heterocycles.